The molecule has 4 rings (SSSR count). The Labute approximate surface area is 209 Å². The van der Waals surface area contributed by atoms with Crippen molar-refractivity contribution in [3.63, 3.8) is 0 Å². The van der Waals surface area contributed by atoms with Gasteiger partial charge >= 0.3 is 5.97 Å². The molecule has 0 aliphatic carbocycles. The molecule has 1 atom stereocenters. The quantitative estimate of drug-likeness (QED) is 0.308. The fraction of sp³-hybridized carbons (Fsp3) is 0.185. The van der Waals surface area contributed by atoms with E-state index in [1.165, 1.54) is 24.2 Å². The van der Waals surface area contributed by atoms with E-state index in [9.17, 15) is 9.59 Å². The number of hydrogen-bond acceptors (Lipinski definition) is 8. The lowest BCUT2D eigenvalue weighted by atomic mass is 10.0. The van der Waals surface area contributed by atoms with Crippen LogP contribution in [0.1, 0.15) is 52.0 Å². The van der Waals surface area contributed by atoms with Gasteiger partial charge in [0.25, 0.3) is 5.91 Å². The van der Waals surface area contributed by atoms with E-state index in [4.69, 9.17) is 5.73 Å². The van der Waals surface area contributed by atoms with Crippen LogP contribution in [0.4, 0.5) is 5.69 Å². The maximum absolute atomic E-state index is 12.6. The summed E-state index contributed by atoms with van der Waals surface area (Å²) in [5.41, 5.74) is 11.1. The lowest BCUT2D eigenvalue weighted by Crippen LogP contribution is -2.27. The minimum absolute atomic E-state index is 0.196. The van der Waals surface area contributed by atoms with Crippen molar-refractivity contribution in [3.05, 3.63) is 102 Å². The lowest BCUT2D eigenvalue weighted by Gasteiger charge is -2.14. The van der Waals surface area contributed by atoms with Crippen LogP contribution in [0.5, 0.6) is 0 Å². The Balaban J connectivity index is 0.000000275. The first kappa shape index (κ1) is 26.0. The Morgan fingerprint density at radius 3 is 2.25 bits per heavy atom. The van der Waals surface area contributed by atoms with E-state index in [-0.39, 0.29) is 17.6 Å². The van der Waals surface area contributed by atoms with Crippen LogP contribution in [-0.2, 0) is 4.74 Å². The molecule has 2 aromatic heterocycles. The molecule has 0 aliphatic heterocycles. The van der Waals surface area contributed by atoms with Crippen LogP contribution in [0.3, 0.4) is 0 Å². The predicted octanol–water partition coefficient (Wildman–Crippen LogP) is 4.18. The number of aromatic nitrogens is 4. The molecule has 9 heteroatoms. The Kier molecular flexibility index (Phi) is 9.16. The number of hydrogen-bond donors (Lipinski definition) is 2. The Hall–Kier alpha value is -4.66. The monoisotopic (exact) mass is 484 g/mol. The second-order valence-electron chi connectivity index (χ2n) is 7.85. The molecule has 2 aromatic carbocycles. The molecule has 1 amide bonds. The van der Waals surface area contributed by atoms with Gasteiger partial charge in [0, 0.05) is 36.0 Å². The summed E-state index contributed by atoms with van der Waals surface area (Å²) in [6.45, 7) is 6.01. The van der Waals surface area contributed by atoms with Crippen molar-refractivity contribution >= 4 is 17.6 Å². The van der Waals surface area contributed by atoms with E-state index in [1.807, 2.05) is 50.2 Å². The Bertz CT molecular complexity index is 1280. The molecule has 1 unspecified atom stereocenters. The van der Waals surface area contributed by atoms with Gasteiger partial charge in [-0.05, 0) is 50.1 Å². The molecule has 9 nitrogen and oxygen atoms in total. The molecular weight excluding hydrogens is 456 g/mol. The number of ether oxygens (including phenoxy) is 1. The van der Waals surface area contributed by atoms with Crippen LogP contribution in [0.15, 0.2) is 79.6 Å². The topological polar surface area (TPSA) is 133 Å². The van der Waals surface area contributed by atoms with E-state index in [2.05, 4.69) is 30.0 Å². The summed E-state index contributed by atoms with van der Waals surface area (Å²) in [5, 5.41) is 2.93. The number of anilines is 1. The Morgan fingerprint density at radius 1 is 0.944 bits per heavy atom. The van der Waals surface area contributed by atoms with Gasteiger partial charge in [-0.2, -0.15) is 0 Å². The zero-order chi connectivity index (χ0) is 25.9. The van der Waals surface area contributed by atoms with E-state index in [1.54, 1.807) is 31.6 Å². The van der Waals surface area contributed by atoms with Crippen molar-refractivity contribution in [3.8, 4) is 11.1 Å². The smallest absolute Gasteiger partial charge is 0.358 e. The van der Waals surface area contributed by atoms with Gasteiger partial charge in [-0.1, -0.05) is 29.8 Å². The maximum atomic E-state index is 12.6. The minimum Gasteiger partial charge on any atom is -0.461 e. The second kappa shape index (κ2) is 12.7. The van der Waals surface area contributed by atoms with Crippen LogP contribution >= 0.6 is 0 Å². The molecule has 36 heavy (non-hydrogen) atoms. The van der Waals surface area contributed by atoms with Gasteiger partial charge in [-0.15, -0.1) is 0 Å². The highest BCUT2D eigenvalue weighted by Crippen LogP contribution is 2.24. The minimum atomic E-state index is -0.430. The highest BCUT2D eigenvalue weighted by Gasteiger charge is 2.14. The number of carbonyl (C=O) groups is 2. The molecule has 0 fully saturated rings. The number of aryl methyl sites for hydroxylation is 1. The standard InChI is InChI=1S/C20H20N4O.C7H8N2O2/c1-13-3-5-15(6-4-13)16-9-17(11-18(21)10-16)20(25)24-14(2)19-12-22-7-8-23-19;1-2-11-7(10)6-5-8-3-4-9-6/h3-12,14H,21H2,1-2H3,(H,24,25);3-5H,2H2,1H3. The summed E-state index contributed by atoms with van der Waals surface area (Å²) in [4.78, 5) is 39.2. The number of carbonyl (C=O) groups excluding carboxylic acids is 2. The molecule has 2 heterocycles. The molecule has 0 spiro atoms. The first-order chi connectivity index (χ1) is 17.4. The molecule has 0 aliphatic rings. The largest absolute Gasteiger partial charge is 0.461 e. The van der Waals surface area contributed by atoms with Gasteiger partial charge in [-0.25, -0.2) is 9.78 Å². The maximum Gasteiger partial charge on any atom is 0.358 e. The molecule has 184 valence electrons. The SMILES string of the molecule is CCOC(=O)c1cnccn1.Cc1ccc(-c2cc(N)cc(C(=O)NC(C)c3cnccn3)c2)cc1. The van der Waals surface area contributed by atoms with Crippen molar-refractivity contribution in [2.24, 2.45) is 0 Å². The van der Waals surface area contributed by atoms with Crippen LogP contribution in [-0.4, -0.2) is 38.4 Å². The van der Waals surface area contributed by atoms with Crippen molar-refractivity contribution in [2.75, 3.05) is 12.3 Å². The normalized spacial score (nSPS) is 11.0. The highest BCUT2D eigenvalue weighted by atomic mass is 16.5. The third-order valence-electron chi connectivity index (χ3n) is 5.02. The van der Waals surface area contributed by atoms with Gasteiger partial charge < -0.3 is 15.8 Å². The highest BCUT2D eigenvalue weighted by molar-refractivity contribution is 5.96. The number of nitrogens with two attached hydrogens (primary N) is 1. The number of benzene rings is 2. The predicted molar refractivity (Wildman–Crippen MR) is 137 cm³/mol. The van der Waals surface area contributed by atoms with Crippen LogP contribution in [0, 0.1) is 6.92 Å². The van der Waals surface area contributed by atoms with E-state index < -0.39 is 5.97 Å². The first-order valence-electron chi connectivity index (χ1n) is 11.3. The Morgan fingerprint density at radius 2 is 1.64 bits per heavy atom. The van der Waals surface area contributed by atoms with Gasteiger partial charge in [0.1, 0.15) is 0 Å². The fourth-order valence-corrected chi connectivity index (χ4v) is 3.19. The van der Waals surface area contributed by atoms with Crippen LogP contribution in [0.25, 0.3) is 11.1 Å². The summed E-state index contributed by atoms with van der Waals surface area (Å²) in [5.74, 6) is -0.626. The van der Waals surface area contributed by atoms with Crippen molar-refractivity contribution in [1.29, 1.82) is 0 Å². The van der Waals surface area contributed by atoms with Gasteiger partial charge in [0.15, 0.2) is 5.69 Å². The van der Waals surface area contributed by atoms with E-state index in [0.717, 1.165) is 11.1 Å². The molecule has 0 saturated carbocycles. The zero-order valence-electron chi connectivity index (χ0n) is 20.4. The van der Waals surface area contributed by atoms with Crippen molar-refractivity contribution < 1.29 is 14.3 Å². The molecule has 3 N–H and O–H groups in total. The third kappa shape index (κ3) is 7.42. The number of nitrogens with one attached hydrogen (secondary N) is 1. The summed E-state index contributed by atoms with van der Waals surface area (Å²) < 4.78 is 4.69. The van der Waals surface area contributed by atoms with Gasteiger partial charge in [-0.3, -0.25) is 19.7 Å². The second-order valence-corrected chi connectivity index (χ2v) is 7.85. The van der Waals surface area contributed by atoms with E-state index in [0.29, 0.717) is 23.6 Å². The molecule has 4 aromatic rings. The van der Waals surface area contributed by atoms with Gasteiger partial charge in [0.2, 0.25) is 0 Å². The van der Waals surface area contributed by atoms with Crippen LogP contribution < -0.4 is 11.1 Å². The van der Waals surface area contributed by atoms with Crippen molar-refractivity contribution in [1.82, 2.24) is 25.3 Å². The average Bonchev–Trinajstić information content (AvgIpc) is 2.90. The summed E-state index contributed by atoms with van der Waals surface area (Å²) in [7, 11) is 0. The summed E-state index contributed by atoms with van der Waals surface area (Å²) in [6.07, 6.45) is 9.17. The lowest BCUT2D eigenvalue weighted by molar-refractivity contribution is 0.0518. The number of rotatable bonds is 6. The average molecular weight is 485 g/mol. The first-order valence-corrected chi connectivity index (χ1v) is 11.3. The number of nitrogen functional groups attached to an aromatic ring is 1. The van der Waals surface area contributed by atoms with E-state index >= 15 is 0 Å². The third-order valence-corrected chi connectivity index (χ3v) is 5.02. The summed E-state index contributed by atoms with van der Waals surface area (Å²) in [6, 6.07) is 13.3. The number of esters is 1. The van der Waals surface area contributed by atoms with Crippen molar-refractivity contribution in [2.45, 2.75) is 26.8 Å². The number of amides is 1. The molecular formula is C27H28N6O3. The fourth-order valence-electron chi connectivity index (χ4n) is 3.19. The van der Waals surface area contributed by atoms with Gasteiger partial charge in [0.05, 0.1) is 30.7 Å². The summed E-state index contributed by atoms with van der Waals surface area (Å²) >= 11 is 0. The van der Waals surface area contributed by atoms with Crippen LogP contribution in [0.2, 0.25) is 0 Å². The molecule has 0 saturated heterocycles. The molecule has 0 bridgehead atoms. The zero-order valence-corrected chi connectivity index (χ0v) is 20.4. The molecule has 0 radical (unpaired) electrons. The number of nitrogens with zero attached hydrogens (tertiary/aromatic N) is 4.